The number of aryl methyl sites for hydroxylation is 1. The molecule has 0 unspecified atom stereocenters. The van der Waals surface area contributed by atoms with Crippen LogP contribution in [0.5, 0.6) is 11.5 Å². The molecule has 2 aromatic carbocycles. The van der Waals surface area contributed by atoms with Gasteiger partial charge in [0.05, 0.1) is 11.0 Å². The molecule has 0 bridgehead atoms. The van der Waals surface area contributed by atoms with E-state index in [-0.39, 0.29) is 11.3 Å². The third-order valence-corrected chi connectivity index (χ3v) is 2.85. The van der Waals surface area contributed by atoms with Crippen molar-refractivity contribution in [3.63, 3.8) is 0 Å². The van der Waals surface area contributed by atoms with E-state index < -0.39 is 4.92 Å². The number of nitrogens with zero attached hydrogens (tertiary/aromatic N) is 2. The molecule has 5 heteroatoms. The molecule has 0 radical (unpaired) electrons. The monoisotopic (exact) mass is 268 g/mol. The van der Waals surface area contributed by atoms with Crippen molar-refractivity contribution in [1.82, 2.24) is 0 Å². The Morgan fingerprint density at radius 2 is 1.85 bits per heavy atom. The summed E-state index contributed by atoms with van der Waals surface area (Å²) >= 11 is 0. The number of hydrogen-bond donors (Lipinski definition) is 0. The highest BCUT2D eigenvalue weighted by Gasteiger charge is 2.15. The van der Waals surface area contributed by atoms with Crippen LogP contribution in [0.15, 0.2) is 42.5 Å². The van der Waals surface area contributed by atoms with E-state index in [9.17, 15) is 10.1 Å². The zero-order valence-electron chi connectivity index (χ0n) is 10.9. The molecule has 5 nitrogen and oxygen atoms in total. The standard InChI is InChI=1S/C15H12N2O3/c1-2-11-3-6-13(7-4-11)20-14-8-5-12(10-16)15(9-14)17(18)19/h3-9H,2H2,1H3. The average molecular weight is 268 g/mol. The Kier molecular flexibility index (Phi) is 3.96. The summed E-state index contributed by atoms with van der Waals surface area (Å²) in [7, 11) is 0. The van der Waals surface area contributed by atoms with Crippen LogP contribution in [0.1, 0.15) is 18.1 Å². The molecule has 0 aliphatic rings. The fourth-order valence-corrected chi connectivity index (χ4v) is 1.75. The molecule has 0 heterocycles. The predicted octanol–water partition coefficient (Wildman–Crippen LogP) is 3.82. The van der Waals surface area contributed by atoms with Crippen LogP contribution in [-0.4, -0.2) is 4.92 Å². The summed E-state index contributed by atoms with van der Waals surface area (Å²) in [6, 6.07) is 13.5. The Bertz CT molecular complexity index is 673. The molecule has 0 saturated heterocycles. The predicted molar refractivity (Wildman–Crippen MR) is 73.7 cm³/mol. The van der Waals surface area contributed by atoms with E-state index in [1.807, 2.05) is 24.3 Å². The Hall–Kier alpha value is -2.87. The highest BCUT2D eigenvalue weighted by atomic mass is 16.6. The Balaban J connectivity index is 2.27. The topological polar surface area (TPSA) is 76.2 Å². The van der Waals surface area contributed by atoms with Crippen molar-refractivity contribution in [2.24, 2.45) is 0 Å². The smallest absolute Gasteiger partial charge is 0.290 e. The second kappa shape index (κ2) is 5.85. The van der Waals surface area contributed by atoms with Gasteiger partial charge in [0, 0.05) is 0 Å². The molecule has 0 atom stereocenters. The first-order chi connectivity index (χ1) is 9.63. The second-order valence-corrected chi connectivity index (χ2v) is 4.15. The van der Waals surface area contributed by atoms with Crippen LogP contribution in [0, 0.1) is 21.4 Å². The van der Waals surface area contributed by atoms with Crippen molar-refractivity contribution in [2.75, 3.05) is 0 Å². The molecule has 0 amide bonds. The van der Waals surface area contributed by atoms with Gasteiger partial charge in [-0.05, 0) is 36.2 Å². The van der Waals surface area contributed by atoms with E-state index in [0.29, 0.717) is 11.5 Å². The zero-order valence-corrected chi connectivity index (χ0v) is 10.9. The van der Waals surface area contributed by atoms with Gasteiger partial charge in [0.15, 0.2) is 0 Å². The SMILES string of the molecule is CCc1ccc(Oc2ccc(C#N)c([N+](=O)[O-])c2)cc1. The summed E-state index contributed by atoms with van der Waals surface area (Å²) in [5.74, 6) is 0.932. The Morgan fingerprint density at radius 3 is 2.40 bits per heavy atom. The summed E-state index contributed by atoms with van der Waals surface area (Å²) in [4.78, 5) is 10.3. The lowest BCUT2D eigenvalue weighted by Crippen LogP contribution is -1.93. The number of nitro groups is 1. The van der Waals surface area contributed by atoms with Crippen molar-refractivity contribution in [3.8, 4) is 17.6 Å². The van der Waals surface area contributed by atoms with Gasteiger partial charge < -0.3 is 4.74 Å². The summed E-state index contributed by atoms with van der Waals surface area (Å²) in [5, 5.41) is 19.7. The number of hydrogen-bond acceptors (Lipinski definition) is 4. The van der Waals surface area contributed by atoms with Crippen molar-refractivity contribution >= 4 is 5.69 Å². The van der Waals surface area contributed by atoms with E-state index in [1.54, 1.807) is 12.1 Å². The van der Waals surface area contributed by atoms with Crippen LogP contribution >= 0.6 is 0 Å². The number of nitriles is 1. The first-order valence-corrected chi connectivity index (χ1v) is 6.09. The van der Waals surface area contributed by atoms with Crippen molar-refractivity contribution in [2.45, 2.75) is 13.3 Å². The summed E-state index contributed by atoms with van der Waals surface area (Å²) < 4.78 is 5.55. The van der Waals surface area contributed by atoms with E-state index in [4.69, 9.17) is 10.00 Å². The average Bonchev–Trinajstić information content (AvgIpc) is 2.48. The quantitative estimate of drug-likeness (QED) is 0.623. The molecule has 0 aliphatic carbocycles. The first-order valence-electron chi connectivity index (χ1n) is 6.09. The maximum Gasteiger partial charge on any atom is 0.290 e. The zero-order chi connectivity index (χ0) is 14.5. The molecular formula is C15H12N2O3. The highest BCUT2D eigenvalue weighted by molar-refractivity contribution is 5.53. The summed E-state index contributed by atoms with van der Waals surface area (Å²) in [6.07, 6.45) is 0.933. The van der Waals surface area contributed by atoms with Gasteiger partial charge in [-0.25, -0.2) is 0 Å². The lowest BCUT2D eigenvalue weighted by Gasteiger charge is -2.06. The number of benzene rings is 2. The number of rotatable bonds is 4. The van der Waals surface area contributed by atoms with Crippen LogP contribution in [-0.2, 0) is 6.42 Å². The third-order valence-electron chi connectivity index (χ3n) is 2.85. The summed E-state index contributed by atoms with van der Waals surface area (Å²) in [6.45, 7) is 2.06. The molecule has 100 valence electrons. The van der Waals surface area contributed by atoms with Crippen molar-refractivity contribution in [3.05, 3.63) is 63.7 Å². The molecule has 0 spiro atoms. The maximum atomic E-state index is 10.9. The molecule has 2 rings (SSSR count). The van der Waals surface area contributed by atoms with Gasteiger partial charge >= 0.3 is 0 Å². The van der Waals surface area contributed by atoms with Gasteiger partial charge in [-0.2, -0.15) is 5.26 Å². The molecule has 0 fully saturated rings. The normalized spacial score (nSPS) is 9.80. The fourth-order valence-electron chi connectivity index (χ4n) is 1.75. The lowest BCUT2D eigenvalue weighted by molar-refractivity contribution is -0.385. The summed E-state index contributed by atoms with van der Waals surface area (Å²) in [5.41, 5.74) is 0.946. The molecular weight excluding hydrogens is 256 g/mol. The third kappa shape index (κ3) is 2.93. The minimum Gasteiger partial charge on any atom is -0.457 e. The van der Waals surface area contributed by atoms with E-state index in [0.717, 1.165) is 6.42 Å². The van der Waals surface area contributed by atoms with E-state index in [1.165, 1.54) is 17.7 Å². The van der Waals surface area contributed by atoms with Crippen LogP contribution in [0.25, 0.3) is 0 Å². The molecule has 0 aromatic heterocycles. The highest BCUT2D eigenvalue weighted by Crippen LogP contribution is 2.28. The minimum atomic E-state index is -0.592. The van der Waals surface area contributed by atoms with Gasteiger partial charge in [0.1, 0.15) is 23.1 Å². The molecule has 20 heavy (non-hydrogen) atoms. The van der Waals surface area contributed by atoms with E-state index >= 15 is 0 Å². The Labute approximate surface area is 116 Å². The van der Waals surface area contributed by atoms with E-state index in [2.05, 4.69) is 6.92 Å². The second-order valence-electron chi connectivity index (χ2n) is 4.15. The maximum absolute atomic E-state index is 10.9. The number of nitro benzene ring substituents is 1. The molecule has 0 saturated carbocycles. The van der Waals surface area contributed by atoms with Crippen molar-refractivity contribution in [1.29, 1.82) is 5.26 Å². The van der Waals surface area contributed by atoms with Crippen LogP contribution < -0.4 is 4.74 Å². The Morgan fingerprint density at radius 1 is 1.20 bits per heavy atom. The van der Waals surface area contributed by atoms with Gasteiger partial charge in [0.25, 0.3) is 5.69 Å². The van der Waals surface area contributed by atoms with Crippen molar-refractivity contribution < 1.29 is 9.66 Å². The molecule has 0 N–H and O–H groups in total. The van der Waals surface area contributed by atoms with Gasteiger partial charge in [-0.15, -0.1) is 0 Å². The van der Waals surface area contributed by atoms with Gasteiger partial charge in [-0.1, -0.05) is 19.1 Å². The molecule has 2 aromatic rings. The fraction of sp³-hybridized carbons (Fsp3) is 0.133. The van der Waals surface area contributed by atoms with Crippen LogP contribution in [0.2, 0.25) is 0 Å². The molecule has 0 aliphatic heterocycles. The van der Waals surface area contributed by atoms with Crippen LogP contribution in [0.4, 0.5) is 5.69 Å². The number of ether oxygens (including phenoxy) is 1. The lowest BCUT2D eigenvalue weighted by atomic mass is 10.1. The van der Waals surface area contributed by atoms with Crippen LogP contribution in [0.3, 0.4) is 0 Å². The largest absolute Gasteiger partial charge is 0.457 e. The first kappa shape index (κ1) is 13.6. The minimum absolute atomic E-state index is 0.0173. The van der Waals surface area contributed by atoms with Gasteiger partial charge in [-0.3, -0.25) is 10.1 Å². The van der Waals surface area contributed by atoms with Gasteiger partial charge in [0.2, 0.25) is 0 Å².